The van der Waals surface area contributed by atoms with Crippen LogP contribution >= 0.6 is 0 Å². The van der Waals surface area contributed by atoms with Crippen molar-refractivity contribution in [2.45, 2.75) is 39.2 Å². The molecule has 0 radical (unpaired) electrons. The van der Waals surface area contributed by atoms with E-state index in [1.165, 1.54) is 6.07 Å². The maximum atomic E-state index is 13.7. The van der Waals surface area contributed by atoms with Crippen LogP contribution in [0.3, 0.4) is 0 Å². The van der Waals surface area contributed by atoms with Gasteiger partial charge in [0.2, 0.25) is 0 Å². The zero-order valence-corrected chi connectivity index (χ0v) is 13.2. The van der Waals surface area contributed by atoms with Crippen molar-refractivity contribution in [3.05, 3.63) is 64.0 Å². The van der Waals surface area contributed by atoms with E-state index in [0.29, 0.717) is 22.8 Å². The predicted octanol–water partition coefficient (Wildman–Crippen LogP) is 4.60. The molecule has 0 spiro atoms. The van der Waals surface area contributed by atoms with Crippen LogP contribution in [0.4, 0.5) is 4.39 Å². The largest absolute Gasteiger partial charge is 0.488 e. The quantitative estimate of drug-likeness (QED) is 0.877. The van der Waals surface area contributed by atoms with Crippen molar-refractivity contribution in [2.24, 2.45) is 0 Å². The summed E-state index contributed by atoms with van der Waals surface area (Å²) in [7, 11) is 0. The Morgan fingerprint density at radius 1 is 1.26 bits per heavy atom. The summed E-state index contributed by atoms with van der Waals surface area (Å²) in [5.74, 6) is -0.406. The fourth-order valence-electron chi connectivity index (χ4n) is 2.86. The Morgan fingerprint density at radius 2 is 2.00 bits per heavy atom. The number of rotatable bonds is 5. The van der Waals surface area contributed by atoms with Crippen molar-refractivity contribution >= 4 is 5.97 Å². The van der Waals surface area contributed by atoms with Crippen LogP contribution in [0.25, 0.3) is 0 Å². The molecule has 0 saturated heterocycles. The Hall–Kier alpha value is -2.36. The lowest BCUT2D eigenvalue weighted by Crippen LogP contribution is -2.09. The van der Waals surface area contributed by atoms with Gasteiger partial charge >= 0.3 is 5.97 Å². The van der Waals surface area contributed by atoms with Gasteiger partial charge in [-0.05, 0) is 61.4 Å². The van der Waals surface area contributed by atoms with E-state index in [1.807, 2.05) is 13.0 Å². The van der Waals surface area contributed by atoms with Crippen molar-refractivity contribution in [3.8, 4) is 5.75 Å². The number of carboxylic acids is 1. The van der Waals surface area contributed by atoms with Gasteiger partial charge in [-0.1, -0.05) is 12.1 Å². The van der Waals surface area contributed by atoms with E-state index in [4.69, 9.17) is 4.74 Å². The third-order valence-electron chi connectivity index (χ3n) is 4.29. The maximum Gasteiger partial charge on any atom is 0.336 e. The number of ether oxygens (including phenoxy) is 1. The molecule has 2 aromatic carbocycles. The molecule has 0 heterocycles. The Labute approximate surface area is 134 Å². The van der Waals surface area contributed by atoms with Crippen LogP contribution in [0.5, 0.6) is 5.75 Å². The highest BCUT2D eigenvalue weighted by molar-refractivity contribution is 5.89. The van der Waals surface area contributed by atoms with Gasteiger partial charge in [-0.15, -0.1) is 0 Å². The van der Waals surface area contributed by atoms with Crippen LogP contribution in [-0.2, 0) is 6.61 Å². The van der Waals surface area contributed by atoms with E-state index in [-0.39, 0.29) is 18.0 Å². The molecule has 120 valence electrons. The van der Waals surface area contributed by atoms with Gasteiger partial charge in [0.25, 0.3) is 0 Å². The number of aromatic carboxylic acids is 1. The summed E-state index contributed by atoms with van der Waals surface area (Å²) in [4.78, 5) is 11.5. The molecular formula is C19H19FO3. The van der Waals surface area contributed by atoms with Gasteiger partial charge in [0, 0.05) is 11.6 Å². The maximum absolute atomic E-state index is 13.7. The first-order valence-corrected chi connectivity index (χ1v) is 7.72. The second-order valence-electron chi connectivity index (χ2n) is 6.11. The first-order chi connectivity index (χ1) is 11.0. The summed E-state index contributed by atoms with van der Waals surface area (Å²) in [5.41, 5.74) is 3.40. The lowest BCUT2D eigenvalue weighted by molar-refractivity contribution is 0.0693. The normalized spacial score (nSPS) is 13.9. The second-order valence-corrected chi connectivity index (χ2v) is 6.11. The van der Waals surface area contributed by atoms with Crippen LogP contribution in [0.1, 0.15) is 51.4 Å². The van der Waals surface area contributed by atoms with E-state index >= 15 is 0 Å². The summed E-state index contributed by atoms with van der Waals surface area (Å²) >= 11 is 0. The fraction of sp³-hybridized carbons (Fsp3) is 0.316. The topological polar surface area (TPSA) is 46.5 Å². The van der Waals surface area contributed by atoms with Gasteiger partial charge in [-0.25, -0.2) is 9.18 Å². The standard InChI is InChI=1S/C19H19FO3/c1-11-8-12(2)18(9-17(11)20)23-10-16-14(13-6-7-13)4-3-5-15(16)19(21)22/h3-5,8-9,13H,6-7,10H2,1-2H3,(H,21,22). The molecule has 1 aliphatic rings. The van der Waals surface area contributed by atoms with E-state index in [2.05, 4.69) is 0 Å². The molecule has 3 nitrogen and oxygen atoms in total. The lowest BCUT2D eigenvalue weighted by Gasteiger charge is -2.15. The average molecular weight is 314 g/mol. The number of halogens is 1. The molecule has 0 aromatic heterocycles. The predicted molar refractivity (Wildman–Crippen MR) is 85.6 cm³/mol. The molecule has 0 unspecified atom stereocenters. The van der Waals surface area contributed by atoms with E-state index < -0.39 is 5.97 Å². The summed E-state index contributed by atoms with van der Waals surface area (Å²) in [6.45, 7) is 3.70. The Morgan fingerprint density at radius 3 is 2.65 bits per heavy atom. The summed E-state index contributed by atoms with van der Waals surface area (Å²) in [6.07, 6.45) is 2.16. The van der Waals surface area contributed by atoms with Crippen molar-refractivity contribution in [3.63, 3.8) is 0 Å². The van der Waals surface area contributed by atoms with Crippen LogP contribution in [-0.4, -0.2) is 11.1 Å². The zero-order chi connectivity index (χ0) is 16.6. The number of aryl methyl sites for hydroxylation is 2. The third-order valence-corrected chi connectivity index (χ3v) is 4.29. The van der Waals surface area contributed by atoms with Gasteiger partial charge in [-0.3, -0.25) is 0 Å². The number of carbonyl (C=O) groups is 1. The van der Waals surface area contributed by atoms with Crippen LogP contribution < -0.4 is 4.74 Å². The monoisotopic (exact) mass is 314 g/mol. The minimum Gasteiger partial charge on any atom is -0.488 e. The molecule has 23 heavy (non-hydrogen) atoms. The van der Waals surface area contributed by atoms with E-state index in [9.17, 15) is 14.3 Å². The molecule has 1 saturated carbocycles. The number of hydrogen-bond acceptors (Lipinski definition) is 2. The van der Waals surface area contributed by atoms with Crippen LogP contribution in [0.15, 0.2) is 30.3 Å². The summed E-state index contributed by atoms with van der Waals surface area (Å²) < 4.78 is 19.5. The highest BCUT2D eigenvalue weighted by atomic mass is 19.1. The lowest BCUT2D eigenvalue weighted by atomic mass is 9.98. The molecule has 3 rings (SSSR count). The second kappa shape index (κ2) is 6.03. The Bertz CT molecular complexity index is 763. The molecule has 2 aromatic rings. The minimum atomic E-state index is -0.960. The number of hydrogen-bond donors (Lipinski definition) is 1. The highest BCUT2D eigenvalue weighted by Crippen LogP contribution is 2.42. The van der Waals surface area contributed by atoms with Crippen molar-refractivity contribution < 1.29 is 19.0 Å². The molecule has 0 amide bonds. The van der Waals surface area contributed by atoms with Crippen molar-refractivity contribution in [1.29, 1.82) is 0 Å². The minimum absolute atomic E-state index is 0.137. The fourth-order valence-corrected chi connectivity index (χ4v) is 2.86. The van der Waals surface area contributed by atoms with Gasteiger partial charge < -0.3 is 9.84 Å². The van der Waals surface area contributed by atoms with Gasteiger partial charge in [0.15, 0.2) is 0 Å². The first-order valence-electron chi connectivity index (χ1n) is 7.72. The zero-order valence-electron chi connectivity index (χ0n) is 13.2. The highest BCUT2D eigenvalue weighted by Gasteiger charge is 2.28. The SMILES string of the molecule is Cc1cc(C)c(OCc2c(C(=O)O)cccc2C2CC2)cc1F. The summed E-state index contributed by atoms with van der Waals surface area (Å²) in [6, 6.07) is 8.43. The molecule has 0 atom stereocenters. The first kappa shape index (κ1) is 15.5. The smallest absolute Gasteiger partial charge is 0.336 e. The Kier molecular flexibility index (Phi) is 4.07. The van der Waals surface area contributed by atoms with E-state index in [0.717, 1.165) is 24.0 Å². The van der Waals surface area contributed by atoms with E-state index in [1.54, 1.807) is 25.1 Å². The molecule has 1 fully saturated rings. The van der Waals surface area contributed by atoms with Crippen LogP contribution in [0.2, 0.25) is 0 Å². The van der Waals surface area contributed by atoms with Crippen molar-refractivity contribution in [1.82, 2.24) is 0 Å². The van der Waals surface area contributed by atoms with Crippen molar-refractivity contribution in [2.75, 3.05) is 0 Å². The van der Waals surface area contributed by atoms with Gasteiger partial charge in [0.1, 0.15) is 18.2 Å². The Balaban J connectivity index is 1.91. The molecule has 1 aliphatic carbocycles. The van der Waals surface area contributed by atoms with Gasteiger partial charge in [0.05, 0.1) is 5.56 Å². The van der Waals surface area contributed by atoms with Crippen LogP contribution in [0, 0.1) is 19.7 Å². The average Bonchev–Trinajstić information content (AvgIpc) is 3.34. The van der Waals surface area contributed by atoms with Gasteiger partial charge in [-0.2, -0.15) is 0 Å². The number of benzene rings is 2. The molecule has 0 bridgehead atoms. The summed E-state index contributed by atoms with van der Waals surface area (Å²) in [5, 5.41) is 9.41. The number of carboxylic acid groups (broad SMARTS) is 1. The molecule has 4 heteroatoms. The third kappa shape index (κ3) is 3.21. The molecule has 1 N–H and O–H groups in total. The molecular weight excluding hydrogens is 295 g/mol. The molecule has 0 aliphatic heterocycles.